The highest BCUT2D eigenvalue weighted by atomic mass is 19.1. The van der Waals surface area contributed by atoms with Crippen LogP contribution in [0.3, 0.4) is 0 Å². The lowest BCUT2D eigenvalue weighted by molar-refractivity contribution is -0.116. The van der Waals surface area contributed by atoms with Crippen molar-refractivity contribution in [1.82, 2.24) is 25.5 Å². The highest BCUT2D eigenvalue weighted by Crippen LogP contribution is 2.26. The SMILES string of the molecule is Cc1cnc(-c2cccc(/C=C/C(=O)NC3CC3F)c2)nc1Nc1ccc2[nH]ncc2c1. The summed E-state index contributed by atoms with van der Waals surface area (Å²) in [5.41, 5.74) is 4.44. The molecule has 1 aliphatic rings. The summed E-state index contributed by atoms with van der Waals surface area (Å²) < 4.78 is 12.9. The number of nitrogens with zero attached hydrogens (tertiary/aromatic N) is 3. The molecule has 1 fully saturated rings. The van der Waals surface area contributed by atoms with Crippen molar-refractivity contribution in [3.63, 3.8) is 0 Å². The van der Waals surface area contributed by atoms with Gasteiger partial charge in [-0.05, 0) is 42.8 Å². The molecule has 5 rings (SSSR count). The molecule has 0 aliphatic heterocycles. The average molecular weight is 428 g/mol. The normalized spacial score (nSPS) is 17.6. The summed E-state index contributed by atoms with van der Waals surface area (Å²) in [6, 6.07) is 13.2. The predicted molar refractivity (Wildman–Crippen MR) is 122 cm³/mol. The van der Waals surface area contributed by atoms with Gasteiger partial charge in [0.25, 0.3) is 0 Å². The minimum Gasteiger partial charge on any atom is -0.347 e. The molecule has 2 heterocycles. The van der Waals surface area contributed by atoms with E-state index in [1.165, 1.54) is 6.08 Å². The molecule has 32 heavy (non-hydrogen) atoms. The highest BCUT2D eigenvalue weighted by molar-refractivity contribution is 5.92. The van der Waals surface area contributed by atoms with Crippen molar-refractivity contribution >= 4 is 34.4 Å². The lowest BCUT2D eigenvalue weighted by Gasteiger charge is -2.10. The Morgan fingerprint density at radius 1 is 1.22 bits per heavy atom. The largest absolute Gasteiger partial charge is 0.347 e. The third-order valence-electron chi connectivity index (χ3n) is 5.29. The first-order valence-electron chi connectivity index (χ1n) is 10.3. The van der Waals surface area contributed by atoms with Crippen LogP contribution in [0.4, 0.5) is 15.9 Å². The molecule has 2 aromatic carbocycles. The van der Waals surface area contributed by atoms with E-state index in [0.29, 0.717) is 18.1 Å². The first-order valence-corrected chi connectivity index (χ1v) is 10.3. The predicted octanol–water partition coefficient (Wildman–Crippen LogP) is 4.31. The Hall–Kier alpha value is -4.07. The minimum atomic E-state index is -0.918. The molecule has 4 aromatic rings. The van der Waals surface area contributed by atoms with Gasteiger partial charge in [0.1, 0.15) is 12.0 Å². The molecule has 2 unspecified atom stereocenters. The Balaban J connectivity index is 1.35. The number of rotatable bonds is 6. The number of fused-ring (bicyclic) bond motifs is 1. The van der Waals surface area contributed by atoms with E-state index in [1.807, 2.05) is 49.4 Å². The number of amides is 1. The Morgan fingerprint density at radius 2 is 2.09 bits per heavy atom. The highest BCUT2D eigenvalue weighted by Gasteiger charge is 2.38. The number of hydrogen-bond donors (Lipinski definition) is 3. The Labute approximate surface area is 183 Å². The smallest absolute Gasteiger partial charge is 0.244 e. The molecule has 3 N–H and O–H groups in total. The van der Waals surface area contributed by atoms with Crippen molar-refractivity contribution in [3.05, 3.63) is 72.1 Å². The summed E-state index contributed by atoms with van der Waals surface area (Å²) in [7, 11) is 0. The Kier molecular flexibility index (Phi) is 5.10. The number of nitrogens with one attached hydrogen (secondary N) is 3. The first kappa shape index (κ1) is 19.9. The van der Waals surface area contributed by atoms with E-state index in [-0.39, 0.29) is 11.9 Å². The summed E-state index contributed by atoms with van der Waals surface area (Å²) in [6.07, 6.45) is 6.14. The zero-order chi connectivity index (χ0) is 22.1. The van der Waals surface area contributed by atoms with Crippen LogP contribution in [0.2, 0.25) is 0 Å². The standard InChI is InChI=1S/C24H21FN6O/c1-14-12-26-24(30-23(14)28-18-6-7-20-17(10-18)13-27-31-20)16-4-2-3-15(9-16)5-8-22(32)29-21-11-19(21)25/h2-10,12-13,19,21H,11H2,1H3,(H,27,31)(H,29,32)(H,26,28,30)/b8-5+. The van der Waals surface area contributed by atoms with Crippen LogP contribution < -0.4 is 10.6 Å². The monoisotopic (exact) mass is 428 g/mol. The number of aromatic amines is 1. The summed E-state index contributed by atoms with van der Waals surface area (Å²) in [6.45, 7) is 1.95. The molecule has 2 aromatic heterocycles. The summed E-state index contributed by atoms with van der Waals surface area (Å²) >= 11 is 0. The fourth-order valence-electron chi connectivity index (χ4n) is 3.36. The average Bonchev–Trinajstić information content (AvgIpc) is 3.28. The van der Waals surface area contributed by atoms with Crippen molar-refractivity contribution < 1.29 is 9.18 Å². The van der Waals surface area contributed by atoms with Gasteiger partial charge in [-0.25, -0.2) is 14.4 Å². The fourth-order valence-corrected chi connectivity index (χ4v) is 3.36. The molecule has 2 atom stereocenters. The molecule has 0 radical (unpaired) electrons. The van der Waals surface area contributed by atoms with Crippen molar-refractivity contribution in [2.45, 2.75) is 25.6 Å². The van der Waals surface area contributed by atoms with Gasteiger partial charge in [-0.2, -0.15) is 5.10 Å². The number of carbonyl (C=O) groups is 1. The van der Waals surface area contributed by atoms with Crippen LogP contribution in [-0.2, 0) is 4.79 Å². The molecule has 160 valence electrons. The van der Waals surface area contributed by atoms with Crippen LogP contribution in [0.15, 0.2) is 60.9 Å². The van der Waals surface area contributed by atoms with Crippen molar-refractivity contribution in [2.24, 2.45) is 0 Å². The molecule has 0 spiro atoms. The zero-order valence-electron chi connectivity index (χ0n) is 17.3. The molecule has 0 bridgehead atoms. The van der Waals surface area contributed by atoms with Crippen LogP contribution in [-0.4, -0.2) is 38.3 Å². The lowest BCUT2D eigenvalue weighted by Crippen LogP contribution is -2.24. The third-order valence-corrected chi connectivity index (χ3v) is 5.29. The Bertz CT molecular complexity index is 1330. The third kappa shape index (κ3) is 4.34. The van der Waals surface area contributed by atoms with Gasteiger partial charge in [0.15, 0.2) is 5.82 Å². The number of H-pyrrole nitrogens is 1. The van der Waals surface area contributed by atoms with Crippen molar-refractivity contribution in [1.29, 1.82) is 0 Å². The summed E-state index contributed by atoms with van der Waals surface area (Å²) in [4.78, 5) is 21.1. The van der Waals surface area contributed by atoms with Gasteiger partial charge in [0, 0.05) is 40.9 Å². The fraction of sp³-hybridized carbons (Fsp3) is 0.167. The summed E-state index contributed by atoms with van der Waals surface area (Å²) in [5.74, 6) is 0.983. The number of aryl methyl sites for hydroxylation is 1. The van der Waals surface area contributed by atoms with Crippen LogP contribution in [0.5, 0.6) is 0 Å². The number of aromatic nitrogens is 4. The lowest BCUT2D eigenvalue weighted by atomic mass is 10.1. The molecule has 1 aliphatic carbocycles. The number of halogens is 1. The van der Waals surface area contributed by atoms with E-state index < -0.39 is 6.17 Å². The van der Waals surface area contributed by atoms with Gasteiger partial charge >= 0.3 is 0 Å². The zero-order valence-corrected chi connectivity index (χ0v) is 17.3. The number of hydrogen-bond acceptors (Lipinski definition) is 5. The number of benzene rings is 2. The van der Waals surface area contributed by atoms with Gasteiger partial charge in [0.2, 0.25) is 5.91 Å². The second kappa shape index (κ2) is 8.22. The quantitative estimate of drug-likeness (QED) is 0.398. The van der Waals surface area contributed by atoms with E-state index in [9.17, 15) is 9.18 Å². The van der Waals surface area contributed by atoms with E-state index in [4.69, 9.17) is 4.98 Å². The topological polar surface area (TPSA) is 95.6 Å². The van der Waals surface area contributed by atoms with Crippen LogP contribution in [0.25, 0.3) is 28.4 Å². The van der Waals surface area contributed by atoms with Crippen molar-refractivity contribution in [2.75, 3.05) is 5.32 Å². The summed E-state index contributed by atoms with van der Waals surface area (Å²) in [5, 5.41) is 14.0. The number of anilines is 2. The van der Waals surface area contributed by atoms with E-state index in [0.717, 1.165) is 33.3 Å². The maximum Gasteiger partial charge on any atom is 0.244 e. The first-order chi connectivity index (χ1) is 15.5. The van der Waals surface area contributed by atoms with E-state index >= 15 is 0 Å². The van der Waals surface area contributed by atoms with Crippen molar-refractivity contribution in [3.8, 4) is 11.4 Å². The van der Waals surface area contributed by atoms with Gasteiger partial charge in [0.05, 0.1) is 17.8 Å². The van der Waals surface area contributed by atoms with E-state index in [1.54, 1.807) is 18.5 Å². The number of carbonyl (C=O) groups excluding carboxylic acids is 1. The second-order valence-electron chi connectivity index (χ2n) is 7.85. The van der Waals surface area contributed by atoms with Crippen LogP contribution >= 0.6 is 0 Å². The number of alkyl halides is 1. The van der Waals surface area contributed by atoms with Gasteiger partial charge < -0.3 is 10.6 Å². The Morgan fingerprint density at radius 3 is 2.94 bits per heavy atom. The minimum absolute atomic E-state index is 0.298. The molecular formula is C24H21FN6O. The molecule has 0 saturated heterocycles. The maximum atomic E-state index is 12.9. The molecular weight excluding hydrogens is 407 g/mol. The van der Waals surface area contributed by atoms with Crippen LogP contribution in [0.1, 0.15) is 17.5 Å². The molecule has 8 heteroatoms. The molecule has 7 nitrogen and oxygen atoms in total. The van der Waals surface area contributed by atoms with Gasteiger partial charge in [-0.1, -0.05) is 18.2 Å². The maximum absolute atomic E-state index is 12.9. The van der Waals surface area contributed by atoms with E-state index in [2.05, 4.69) is 25.8 Å². The van der Waals surface area contributed by atoms with Gasteiger partial charge in [-0.3, -0.25) is 9.89 Å². The molecule has 1 saturated carbocycles. The second-order valence-corrected chi connectivity index (χ2v) is 7.85. The van der Waals surface area contributed by atoms with Crippen LogP contribution in [0, 0.1) is 6.92 Å². The molecule has 1 amide bonds. The van der Waals surface area contributed by atoms with Gasteiger partial charge in [-0.15, -0.1) is 0 Å².